The van der Waals surface area contributed by atoms with Crippen molar-refractivity contribution in [3.8, 4) is 0 Å². The molecular weight excluding hydrogens is 146 g/mol. The summed E-state index contributed by atoms with van der Waals surface area (Å²) in [5.41, 5.74) is 1.12. The molecule has 12 heavy (non-hydrogen) atoms. The summed E-state index contributed by atoms with van der Waals surface area (Å²) in [5.74, 6) is 1.00. The van der Waals surface area contributed by atoms with Gasteiger partial charge in [-0.3, -0.25) is 0 Å². The van der Waals surface area contributed by atoms with Gasteiger partial charge >= 0.3 is 0 Å². The van der Waals surface area contributed by atoms with Crippen LogP contribution in [-0.4, -0.2) is 30.7 Å². The highest BCUT2D eigenvalue weighted by atomic mass is 15.4. The van der Waals surface area contributed by atoms with Crippen LogP contribution in [-0.2, 0) is 0 Å². The maximum Gasteiger partial charge on any atom is 0.109 e. The van der Waals surface area contributed by atoms with Crippen LogP contribution in [0, 0.1) is 11.3 Å². The first-order valence-electron chi connectivity index (χ1n) is 5.14. The fraction of sp³-hybridized carbons (Fsp3) is 1.00. The molecular formula is C11H22N+. The summed E-state index contributed by atoms with van der Waals surface area (Å²) in [5, 5.41) is 0. The Morgan fingerprint density at radius 1 is 1.17 bits per heavy atom. The summed E-state index contributed by atoms with van der Waals surface area (Å²) >= 11 is 0. The van der Waals surface area contributed by atoms with Crippen LogP contribution in [0.25, 0.3) is 0 Å². The second-order valence-electron chi connectivity index (χ2n) is 6.13. The summed E-state index contributed by atoms with van der Waals surface area (Å²) in [6.07, 6.45) is 2.89. The minimum Gasteiger partial charge on any atom is -0.323 e. The van der Waals surface area contributed by atoms with Gasteiger partial charge in [-0.25, -0.2) is 0 Å². The third kappa shape index (κ3) is 0.654. The normalized spacial score (nSPS) is 48.2. The Hall–Kier alpha value is -0.0400. The number of hydrogen-bond acceptors (Lipinski definition) is 0. The molecule has 1 aliphatic heterocycles. The van der Waals surface area contributed by atoms with Gasteiger partial charge in [0.05, 0.1) is 26.6 Å². The van der Waals surface area contributed by atoms with Crippen LogP contribution in [0.1, 0.15) is 33.6 Å². The summed E-state index contributed by atoms with van der Waals surface area (Å²) in [7, 11) is 4.78. The minimum atomic E-state index is 0.555. The van der Waals surface area contributed by atoms with Crippen LogP contribution in [0.3, 0.4) is 0 Å². The standard InChI is InChI=1S/C11H22N/c1-10(2)7-6-9-8-12(4,5)11(9,10)3/h9H,6-8H2,1-5H3/q+1. The zero-order valence-electron chi connectivity index (χ0n) is 9.15. The van der Waals surface area contributed by atoms with Crippen molar-refractivity contribution in [2.75, 3.05) is 20.6 Å². The molecule has 0 spiro atoms. The Balaban J connectivity index is 2.37. The molecule has 0 radical (unpaired) electrons. The molecule has 0 aromatic rings. The highest BCUT2D eigenvalue weighted by Crippen LogP contribution is 2.61. The molecule has 1 aliphatic carbocycles. The summed E-state index contributed by atoms with van der Waals surface area (Å²) in [6.45, 7) is 8.80. The molecule has 0 amide bonds. The van der Waals surface area contributed by atoms with Gasteiger partial charge in [-0.1, -0.05) is 13.8 Å². The van der Waals surface area contributed by atoms with E-state index in [1.165, 1.54) is 23.9 Å². The highest BCUT2D eigenvalue weighted by molar-refractivity contribution is 5.07. The van der Waals surface area contributed by atoms with E-state index in [4.69, 9.17) is 0 Å². The minimum absolute atomic E-state index is 0.555. The smallest absolute Gasteiger partial charge is 0.109 e. The second-order valence-corrected chi connectivity index (χ2v) is 6.13. The van der Waals surface area contributed by atoms with Crippen LogP contribution in [0.15, 0.2) is 0 Å². The molecule has 1 nitrogen and oxygen atoms in total. The summed E-state index contributed by atoms with van der Waals surface area (Å²) in [4.78, 5) is 0. The van der Waals surface area contributed by atoms with E-state index in [-0.39, 0.29) is 0 Å². The predicted molar refractivity (Wildman–Crippen MR) is 51.9 cm³/mol. The first kappa shape index (κ1) is 8.55. The molecule has 2 rings (SSSR count). The van der Waals surface area contributed by atoms with E-state index in [0.717, 1.165) is 5.92 Å². The van der Waals surface area contributed by atoms with Gasteiger partial charge in [-0.15, -0.1) is 0 Å². The van der Waals surface area contributed by atoms with Crippen LogP contribution in [0.5, 0.6) is 0 Å². The predicted octanol–water partition coefficient (Wildman–Crippen LogP) is 2.27. The Kier molecular flexibility index (Phi) is 1.35. The lowest BCUT2D eigenvalue weighted by Crippen LogP contribution is -2.76. The zero-order chi connectivity index (χ0) is 9.20. The van der Waals surface area contributed by atoms with E-state index in [1.807, 2.05) is 0 Å². The average Bonchev–Trinajstić information content (AvgIpc) is 2.11. The second kappa shape index (κ2) is 1.89. The van der Waals surface area contributed by atoms with Crippen LogP contribution in [0.4, 0.5) is 0 Å². The molecule has 70 valence electrons. The van der Waals surface area contributed by atoms with Gasteiger partial charge in [0.15, 0.2) is 0 Å². The first-order chi connectivity index (χ1) is 5.31. The third-order valence-corrected chi connectivity index (χ3v) is 5.22. The molecule has 2 unspecified atom stereocenters. The van der Waals surface area contributed by atoms with E-state index >= 15 is 0 Å². The number of fused-ring (bicyclic) bond motifs is 1. The molecule has 2 atom stereocenters. The van der Waals surface area contributed by atoms with Gasteiger partial charge < -0.3 is 4.48 Å². The SMILES string of the molecule is CC1(C)CCC2C[N+](C)(C)C21C. The first-order valence-corrected chi connectivity index (χ1v) is 5.14. The molecule has 2 aliphatic rings. The maximum absolute atomic E-state index is 2.49. The number of rotatable bonds is 0. The number of nitrogens with zero attached hydrogens (tertiary/aromatic N) is 1. The molecule has 1 saturated heterocycles. The molecule has 2 fully saturated rings. The molecule has 0 bridgehead atoms. The summed E-state index contributed by atoms with van der Waals surface area (Å²) in [6, 6.07) is 0. The lowest BCUT2D eigenvalue weighted by atomic mass is 9.64. The number of likely N-dealkylation sites (tertiary alicyclic amines) is 1. The highest BCUT2D eigenvalue weighted by Gasteiger charge is 2.69. The molecule has 1 heterocycles. The van der Waals surface area contributed by atoms with Gasteiger partial charge in [0.2, 0.25) is 0 Å². The molecule has 0 N–H and O–H groups in total. The molecule has 0 aromatic heterocycles. The van der Waals surface area contributed by atoms with Crippen molar-refractivity contribution >= 4 is 0 Å². The van der Waals surface area contributed by atoms with Crippen LogP contribution >= 0.6 is 0 Å². The number of hydrogen-bond donors (Lipinski definition) is 0. The van der Waals surface area contributed by atoms with Crippen molar-refractivity contribution in [2.45, 2.75) is 39.2 Å². The Labute approximate surface area is 76.3 Å². The Morgan fingerprint density at radius 3 is 2.08 bits per heavy atom. The van der Waals surface area contributed by atoms with E-state index in [9.17, 15) is 0 Å². The van der Waals surface area contributed by atoms with Crippen molar-refractivity contribution in [3.63, 3.8) is 0 Å². The Bertz CT molecular complexity index is 217. The van der Waals surface area contributed by atoms with Gasteiger partial charge in [0.1, 0.15) is 5.54 Å². The van der Waals surface area contributed by atoms with Crippen molar-refractivity contribution < 1.29 is 4.48 Å². The van der Waals surface area contributed by atoms with Gasteiger partial charge in [0, 0.05) is 5.41 Å². The van der Waals surface area contributed by atoms with E-state index in [0.29, 0.717) is 11.0 Å². The number of quaternary nitrogens is 1. The lowest BCUT2D eigenvalue weighted by molar-refractivity contribution is -0.999. The fourth-order valence-electron chi connectivity index (χ4n) is 3.83. The van der Waals surface area contributed by atoms with Crippen molar-refractivity contribution in [1.82, 2.24) is 0 Å². The van der Waals surface area contributed by atoms with Gasteiger partial charge in [-0.2, -0.15) is 0 Å². The van der Waals surface area contributed by atoms with E-state index < -0.39 is 0 Å². The van der Waals surface area contributed by atoms with Crippen molar-refractivity contribution in [3.05, 3.63) is 0 Å². The van der Waals surface area contributed by atoms with Crippen molar-refractivity contribution in [1.29, 1.82) is 0 Å². The van der Waals surface area contributed by atoms with E-state index in [2.05, 4.69) is 34.9 Å². The van der Waals surface area contributed by atoms with Crippen LogP contribution < -0.4 is 0 Å². The van der Waals surface area contributed by atoms with Gasteiger partial charge in [-0.05, 0) is 19.8 Å². The van der Waals surface area contributed by atoms with Crippen molar-refractivity contribution in [2.24, 2.45) is 11.3 Å². The lowest BCUT2D eigenvalue weighted by Gasteiger charge is -2.63. The summed E-state index contributed by atoms with van der Waals surface area (Å²) < 4.78 is 1.24. The van der Waals surface area contributed by atoms with Crippen LogP contribution in [0.2, 0.25) is 0 Å². The monoisotopic (exact) mass is 168 g/mol. The molecule has 1 heteroatoms. The Morgan fingerprint density at radius 2 is 1.75 bits per heavy atom. The topological polar surface area (TPSA) is 0 Å². The molecule has 0 aromatic carbocycles. The maximum atomic E-state index is 2.49. The largest absolute Gasteiger partial charge is 0.323 e. The van der Waals surface area contributed by atoms with Gasteiger partial charge in [0.25, 0.3) is 0 Å². The fourth-order valence-corrected chi connectivity index (χ4v) is 3.83. The zero-order valence-corrected chi connectivity index (χ0v) is 9.15. The molecule has 1 saturated carbocycles. The average molecular weight is 168 g/mol. The quantitative estimate of drug-likeness (QED) is 0.487. The third-order valence-electron chi connectivity index (χ3n) is 5.22. The van der Waals surface area contributed by atoms with E-state index in [1.54, 1.807) is 0 Å².